The Morgan fingerprint density at radius 2 is 1.84 bits per heavy atom. The van der Waals surface area contributed by atoms with Crippen LogP contribution in [-0.2, 0) is 9.59 Å². The van der Waals surface area contributed by atoms with Crippen molar-refractivity contribution in [2.75, 3.05) is 13.2 Å². The minimum absolute atomic E-state index is 0.182. The highest BCUT2D eigenvalue weighted by atomic mass is 16.5. The van der Waals surface area contributed by atoms with Gasteiger partial charge in [-0.05, 0) is 32.9 Å². The molecule has 5 heteroatoms. The van der Waals surface area contributed by atoms with Gasteiger partial charge in [0.1, 0.15) is 18.9 Å². The molecule has 0 saturated heterocycles. The van der Waals surface area contributed by atoms with Crippen molar-refractivity contribution in [3.63, 3.8) is 0 Å². The summed E-state index contributed by atoms with van der Waals surface area (Å²) in [5.74, 6) is -0.727. The normalized spacial score (nSPS) is 10.9. The van der Waals surface area contributed by atoms with E-state index in [9.17, 15) is 9.59 Å². The number of rotatable bonds is 6. The lowest BCUT2D eigenvalue weighted by Gasteiger charge is -2.23. The number of hydrogen-bond donors (Lipinski definition) is 2. The summed E-state index contributed by atoms with van der Waals surface area (Å²) in [6.07, 6.45) is 0. The Morgan fingerprint density at radius 1 is 1.26 bits per heavy atom. The Hall–Kier alpha value is -2.04. The number of aliphatic carboxylic acids is 1. The molecule has 19 heavy (non-hydrogen) atoms. The average Bonchev–Trinajstić information content (AvgIpc) is 2.35. The van der Waals surface area contributed by atoms with E-state index in [1.807, 2.05) is 31.2 Å². The molecule has 0 saturated carbocycles. The standard InChI is InChI=1S/C14H19NO4/c1-10-4-6-11(7-5-10)19-9-14(2,3)13(18)15-8-12(16)17/h4-7H,8-9H2,1-3H3,(H,15,18)(H,16,17). The van der Waals surface area contributed by atoms with E-state index in [0.29, 0.717) is 5.75 Å². The third kappa shape index (κ3) is 4.99. The number of benzene rings is 1. The molecule has 0 radical (unpaired) electrons. The van der Waals surface area contributed by atoms with Gasteiger partial charge in [-0.2, -0.15) is 0 Å². The number of carbonyl (C=O) groups is 2. The lowest BCUT2D eigenvalue weighted by molar-refractivity contribution is -0.140. The molecule has 2 N–H and O–H groups in total. The molecule has 0 aliphatic carbocycles. The van der Waals surface area contributed by atoms with E-state index in [4.69, 9.17) is 9.84 Å². The minimum atomic E-state index is -1.07. The smallest absolute Gasteiger partial charge is 0.322 e. The molecule has 5 nitrogen and oxygen atoms in total. The molecule has 0 fully saturated rings. The highest BCUT2D eigenvalue weighted by molar-refractivity contribution is 5.85. The first-order valence-corrected chi connectivity index (χ1v) is 6.01. The maximum absolute atomic E-state index is 11.8. The average molecular weight is 265 g/mol. The van der Waals surface area contributed by atoms with Gasteiger partial charge in [0.15, 0.2) is 0 Å². The van der Waals surface area contributed by atoms with Crippen molar-refractivity contribution in [3.05, 3.63) is 29.8 Å². The summed E-state index contributed by atoms with van der Waals surface area (Å²) in [6.45, 7) is 5.19. The van der Waals surface area contributed by atoms with Gasteiger partial charge in [-0.3, -0.25) is 9.59 Å². The highest BCUT2D eigenvalue weighted by Gasteiger charge is 2.28. The Labute approximate surface area is 112 Å². The van der Waals surface area contributed by atoms with Crippen LogP contribution >= 0.6 is 0 Å². The van der Waals surface area contributed by atoms with E-state index in [0.717, 1.165) is 5.56 Å². The molecule has 0 unspecified atom stereocenters. The van der Waals surface area contributed by atoms with Gasteiger partial charge in [-0.15, -0.1) is 0 Å². The summed E-state index contributed by atoms with van der Waals surface area (Å²) in [4.78, 5) is 22.2. The second-order valence-electron chi connectivity index (χ2n) is 5.06. The van der Waals surface area contributed by atoms with Gasteiger partial charge in [0, 0.05) is 0 Å². The fraction of sp³-hybridized carbons (Fsp3) is 0.429. The summed E-state index contributed by atoms with van der Waals surface area (Å²) < 4.78 is 5.55. The first kappa shape index (κ1) is 15.0. The number of hydrogen-bond acceptors (Lipinski definition) is 3. The molecule has 1 aromatic carbocycles. The third-order valence-corrected chi connectivity index (χ3v) is 2.64. The van der Waals surface area contributed by atoms with Crippen molar-refractivity contribution in [2.24, 2.45) is 5.41 Å². The lowest BCUT2D eigenvalue weighted by atomic mass is 9.93. The molecule has 0 spiro atoms. The summed E-state index contributed by atoms with van der Waals surface area (Å²) in [5.41, 5.74) is 0.339. The monoisotopic (exact) mass is 265 g/mol. The van der Waals surface area contributed by atoms with E-state index in [-0.39, 0.29) is 19.1 Å². The predicted molar refractivity (Wildman–Crippen MR) is 71.1 cm³/mol. The van der Waals surface area contributed by atoms with Gasteiger partial charge in [-0.1, -0.05) is 17.7 Å². The third-order valence-electron chi connectivity index (χ3n) is 2.64. The number of aryl methyl sites for hydroxylation is 1. The highest BCUT2D eigenvalue weighted by Crippen LogP contribution is 2.19. The second-order valence-corrected chi connectivity index (χ2v) is 5.06. The minimum Gasteiger partial charge on any atom is -0.492 e. The van der Waals surface area contributed by atoms with E-state index >= 15 is 0 Å². The van der Waals surface area contributed by atoms with Crippen LogP contribution in [0.2, 0.25) is 0 Å². The van der Waals surface area contributed by atoms with Gasteiger partial charge < -0.3 is 15.2 Å². The van der Waals surface area contributed by atoms with Crippen molar-refractivity contribution in [3.8, 4) is 5.75 Å². The molecule has 0 heterocycles. The molecule has 1 aromatic rings. The van der Waals surface area contributed by atoms with E-state index in [1.54, 1.807) is 13.8 Å². The fourth-order valence-corrected chi connectivity index (χ4v) is 1.36. The molecule has 1 amide bonds. The van der Waals surface area contributed by atoms with Gasteiger partial charge >= 0.3 is 5.97 Å². The molecule has 0 aliphatic rings. The zero-order valence-corrected chi connectivity index (χ0v) is 11.4. The summed E-state index contributed by atoms with van der Waals surface area (Å²) in [6, 6.07) is 7.51. The quantitative estimate of drug-likeness (QED) is 0.819. The van der Waals surface area contributed by atoms with Crippen LogP contribution in [0.4, 0.5) is 0 Å². The van der Waals surface area contributed by atoms with Crippen LogP contribution in [0.15, 0.2) is 24.3 Å². The Morgan fingerprint density at radius 3 is 2.37 bits per heavy atom. The van der Waals surface area contributed by atoms with Crippen molar-refractivity contribution in [1.82, 2.24) is 5.32 Å². The molecule has 0 atom stereocenters. The number of carboxylic acid groups (broad SMARTS) is 1. The molecule has 0 aromatic heterocycles. The SMILES string of the molecule is Cc1ccc(OCC(C)(C)C(=O)NCC(=O)O)cc1. The second kappa shape index (κ2) is 6.22. The fourth-order valence-electron chi connectivity index (χ4n) is 1.36. The Kier molecular flexibility index (Phi) is 4.92. The molecule has 0 aliphatic heterocycles. The number of ether oxygens (including phenoxy) is 1. The summed E-state index contributed by atoms with van der Waals surface area (Å²) in [5, 5.41) is 10.9. The Balaban J connectivity index is 2.51. The zero-order chi connectivity index (χ0) is 14.5. The van der Waals surface area contributed by atoms with Crippen LogP contribution in [0.25, 0.3) is 0 Å². The van der Waals surface area contributed by atoms with E-state index < -0.39 is 11.4 Å². The topological polar surface area (TPSA) is 75.6 Å². The van der Waals surface area contributed by atoms with Crippen LogP contribution in [0, 0.1) is 12.3 Å². The largest absolute Gasteiger partial charge is 0.492 e. The van der Waals surface area contributed by atoms with Crippen LogP contribution in [0.5, 0.6) is 5.75 Å². The summed E-state index contributed by atoms with van der Waals surface area (Å²) >= 11 is 0. The maximum atomic E-state index is 11.8. The number of carbonyl (C=O) groups excluding carboxylic acids is 1. The van der Waals surface area contributed by atoms with Crippen molar-refractivity contribution < 1.29 is 19.4 Å². The van der Waals surface area contributed by atoms with Gasteiger partial charge in [0.25, 0.3) is 0 Å². The van der Waals surface area contributed by atoms with Crippen LogP contribution in [0.3, 0.4) is 0 Å². The zero-order valence-electron chi connectivity index (χ0n) is 11.4. The molecular weight excluding hydrogens is 246 g/mol. The van der Waals surface area contributed by atoms with E-state index in [2.05, 4.69) is 5.32 Å². The number of nitrogens with one attached hydrogen (secondary N) is 1. The number of amides is 1. The molecule has 104 valence electrons. The van der Waals surface area contributed by atoms with E-state index in [1.165, 1.54) is 0 Å². The van der Waals surface area contributed by atoms with Crippen LogP contribution < -0.4 is 10.1 Å². The first-order chi connectivity index (χ1) is 8.81. The van der Waals surface area contributed by atoms with Crippen LogP contribution in [-0.4, -0.2) is 30.1 Å². The van der Waals surface area contributed by atoms with Crippen LogP contribution in [0.1, 0.15) is 19.4 Å². The van der Waals surface area contributed by atoms with Gasteiger partial charge in [0.2, 0.25) is 5.91 Å². The number of carboxylic acids is 1. The van der Waals surface area contributed by atoms with Gasteiger partial charge in [-0.25, -0.2) is 0 Å². The first-order valence-electron chi connectivity index (χ1n) is 6.01. The molecule has 1 rings (SSSR count). The maximum Gasteiger partial charge on any atom is 0.322 e. The van der Waals surface area contributed by atoms with Crippen molar-refractivity contribution in [1.29, 1.82) is 0 Å². The Bertz CT molecular complexity index is 451. The van der Waals surface area contributed by atoms with Gasteiger partial charge in [0.05, 0.1) is 5.41 Å². The molecule has 0 bridgehead atoms. The molecular formula is C14H19NO4. The predicted octanol–water partition coefficient (Wildman–Crippen LogP) is 1.60. The van der Waals surface area contributed by atoms with Crippen molar-refractivity contribution in [2.45, 2.75) is 20.8 Å². The summed E-state index contributed by atoms with van der Waals surface area (Å²) in [7, 11) is 0. The van der Waals surface area contributed by atoms with Crippen molar-refractivity contribution >= 4 is 11.9 Å². The lowest BCUT2D eigenvalue weighted by Crippen LogP contribution is -2.42.